The van der Waals surface area contributed by atoms with Gasteiger partial charge in [0.15, 0.2) is 5.82 Å². The van der Waals surface area contributed by atoms with Gasteiger partial charge in [0.2, 0.25) is 5.28 Å². The average molecular weight is 400 g/mol. The Hall–Kier alpha value is -3.06. The normalized spacial score (nSPS) is 10.5. The number of amides is 2. The lowest BCUT2D eigenvalue weighted by atomic mass is 10.1. The zero-order chi connectivity index (χ0) is 19.9. The number of anilines is 1. The van der Waals surface area contributed by atoms with Crippen LogP contribution in [0.3, 0.4) is 0 Å². The first-order chi connectivity index (χ1) is 13.5. The number of halogens is 1. The topological polar surface area (TPSA) is 88.2 Å². The number of hydrogen-bond acceptors (Lipinski definition) is 5. The Kier molecular flexibility index (Phi) is 6.49. The van der Waals surface area contributed by atoms with Gasteiger partial charge in [-0.25, -0.2) is 9.78 Å². The Bertz CT molecular complexity index is 980. The molecular formula is C20H22ClN5O2. The van der Waals surface area contributed by atoms with Crippen LogP contribution in [0.1, 0.15) is 17.5 Å². The number of rotatable bonds is 7. The molecular weight excluding hydrogens is 378 g/mol. The summed E-state index contributed by atoms with van der Waals surface area (Å²) in [6.07, 6.45) is 0.684. The van der Waals surface area contributed by atoms with E-state index in [9.17, 15) is 4.79 Å². The molecule has 0 saturated heterocycles. The van der Waals surface area contributed by atoms with E-state index in [0.29, 0.717) is 30.9 Å². The molecule has 0 bridgehead atoms. The van der Waals surface area contributed by atoms with E-state index in [1.54, 1.807) is 0 Å². The number of benzene rings is 2. The van der Waals surface area contributed by atoms with E-state index >= 15 is 0 Å². The quantitative estimate of drug-likeness (QED) is 0.317. The molecule has 0 radical (unpaired) electrons. The molecule has 3 rings (SSSR count). The van der Waals surface area contributed by atoms with Crippen LogP contribution in [-0.2, 0) is 0 Å². The van der Waals surface area contributed by atoms with E-state index in [-0.39, 0.29) is 11.3 Å². The van der Waals surface area contributed by atoms with Crippen molar-refractivity contribution in [3.63, 3.8) is 0 Å². The molecule has 28 heavy (non-hydrogen) atoms. The number of aryl methyl sites for hydroxylation is 2. The molecule has 0 fully saturated rings. The molecule has 2 aromatic carbocycles. The number of aromatic nitrogens is 2. The lowest BCUT2D eigenvalue weighted by Gasteiger charge is -2.12. The van der Waals surface area contributed by atoms with E-state index in [1.807, 2.05) is 50.2 Å². The Morgan fingerprint density at radius 2 is 1.96 bits per heavy atom. The highest BCUT2D eigenvalue weighted by atomic mass is 35.5. The molecule has 0 aliphatic rings. The highest BCUT2D eigenvalue weighted by Gasteiger charge is 2.07. The molecule has 3 N–H and O–H groups in total. The first-order valence-corrected chi connectivity index (χ1v) is 9.33. The summed E-state index contributed by atoms with van der Waals surface area (Å²) in [5.74, 6) is 1.30. The maximum absolute atomic E-state index is 12.0. The second kappa shape index (κ2) is 9.23. The van der Waals surface area contributed by atoms with Crippen LogP contribution in [0.2, 0.25) is 5.28 Å². The molecule has 8 heteroatoms. The molecule has 7 nitrogen and oxygen atoms in total. The lowest BCUT2D eigenvalue weighted by Crippen LogP contribution is -2.40. The number of nitrogens with zero attached hydrogens (tertiary/aromatic N) is 2. The number of para-hydroxylation sites is 1. The monoisotopic (exact) mass is 399 g/mol. The predicted molar refractivity (Wildman–Crippen MR) is 111 cm³/mol. The number of ether oxygens (including phenoxy) is 1. The number of nitrogens with one attached hydrogen (secondary N) is 3. The fourth-order valence-electron chi connectivity index (χ4n) is 2.72. The van der Waals surface area contributed by atoms with Gasteiger partial charge in [-0.2, -0.15) is 4.98 Å². The smallest absolute Gasteiger partial charge is 0.333 e. The first kappa shape index (κ1) is 19.7. The first-order valence-electron chi connectivity index (χ1n) is 8.95. The number of hydrazine groups is 1. The van der Waals surface area contributed by atoms with E-state index in [4.69, 9.17) is 16.3 Å². The van der Waals surface area contributed by atoms with Crippen molar-refractivity contribution in [1.82, 2.24) is 20.7 Å². The van der Waals surface area contributed by atoms with Gasteiger partial charge in [-0.1, -0.05) is 29.8 Å². The van der Waals surface area contributed by atoms with Crippen molar-refractivity contribution in [3.05, 3.63) is 58.9 Å². The summed E-state index contributed by atoms with van der Waals surface area (Å²) in [5.41, 5.74) is 8.33. The van der Waals surface area contributed by atoms with Crippen molar-refractivity contribution in [1.29, 1.82) is 0 Å². The molecule has 2 amide bonds. The Labute approximate surface area is 168 Å². The van der Waals surface area contributed by atoms with Crippen molar-refractivity contribution < 1.29 is 9.53 Å². The number of urea groups is 1. The maximum atomic E-state index is 12.0. The molecule has 0 aliphatic carbocycles. The molecule has 3 aromatic rings. The number of fused-ring (bicyclic) bond motifs is 1. The summed E-state index contributed by atoms with van der Waals surface area (Å²) in [6, 6.07) is 13.1. The van der Waals surface area contributed by atoms with Gasteiger partial charge in [-0.3, -0.25) is 10.9 Å². The third-order valence-corrected chi connectivity index (χ3v) is 4.23. The Morgan fingerprint density at radius 1 is 1.14 bits per heavy atom. The van der Waals surface area contributed by atoms with Crippen LogP contribution < -0.4 is 20.9 Å². The van der Waals surface area contributed by atoms with Gasteiger partial charge in [0.1, 0.15) is 5.75 Å². The van der Waals surface area contributed by atoms with Crippen LogP contribution in [0.15, 0.2) is 42.5 Å². The summed E-state index contributed by atoms with van der Waals surface area (Å²) >= 11 is 5.92. The summed E-state index contributed by atoms with van der Waals surface area (Å²) in [6.45, 7) is 5.06. The van der Waals surface area contributed by atoms with Gasteiger partial charge < -0.3 is 10.1 Å². The molecule has 0 atom stereocenters. The van der Waals surface area contributed by atoms with Crippen LogP contribution in [0.25, 0.3) is 10.9 Å². The Balaban J connectivity index is 1.42. The summed E-state index contributed by atoms with van der Waals surface area (Å²) < 4.78 is 5.75. The molecule has 1 aromatic heterocycles. The zero-order valence-corrected chi connectivity index (χ0v) is 16.5. The molecule has 0 saturated carbocycles. The number of carbonyl (C=O) groups is 1. The predicted octanol–water partition coefficient (Wildman–Crippen LogP) is 4.00. The van der Waals surface area contributed by atoms with Gasteiger partial charge in [0, 0.05) is 11.9 Å². The highest BCUT2D eigenvalue weighted by molar-refractivity contribution is 6.28. The second-order valence-electron chi connectivity index (χ2n) is 6.34. The van der Waals surface area contributed by atoms with Crippen molar-refractivity contribution in [2.24, 2.45) is 0 Å². The van der Waals surface area contributed by atoms with Crippen LogP contribution in [0.4, 0.5) is 10.6 Å². The van der Waals surface area contributed by atoms with Gasteiger partial charge in [0.25, 0.3) is 0 Å². The van der Waals surface area contributed by atoms with Crippen molar-refractivity contribution in [3.8, 4) is 5.75 Å². The largest absolute Gasteiger partial charge is 0.493 e. The molecule has 0 spiro atoms. The van der Waals surface area contributed by atoms with Crippen molar-refractivity contribution >= 4 is 34.4 Å². The minimum atomic E-state index is -0.370. The van der Waals surface area contributed by atoms with E-state index in [2.05, 4.69) is 32.2 Å². The fraction of sp³-hybridized carbons (Fsp3) is 0.250. The minimum absolute atomic E-state index is 0.104. The zero-order valence-electron chi connectivity index (χ0n) is 15.8. The minimum Gasteiger partial charge on any atom is -0.493 e. The molecule has 0 unspecified atom stereocenters. The average Bonchev–Trinajstić information content (AvgIpc) is 2.67. The summed E-state index contributed by atoms with van der Waals surface area (Å²) in [7, 11) is 0. The van der Waals surface area contributed by atoms with Gasteiger partial charge in [0.05, 0.1) is 12.1 Å². The molecule has 146 valence electrons. The molecule has 0 aliphatic heterocycles. The lowest BCUT2D eigenvalue weighted by molar-refractivity contribution is 0.241. The van der Waals surface area contributed by atoms with Crippen LogP contribution >= 0.6 is 11.6 Å². The third kappa shape index (κ3) is 5.23. The molecule has 1 heterocycles. The van der Waals surface area contributed by atoms with Gasteiger partial charge in [-0.15, -0.1) is 0 Å². The van der Waals surface area contributed by atoms with E-state index in [0.717, 1.165) is 16.7 Å². The Morgan fingerprint density at radius 3 is 2.79 bits per heavy atom. The van der Waals surface area contributed by atoms with Gasteiger partial charge >= 0.3 is 6.03 Å². The van der Waals surface area contributed by atoms with Crippen LogP contribution in [0, 0.1) is 13.8 Å². The highest BCUT2D eigenvalue weighted by Crippen LogP contribution is 2.21. The standard InChI is InChI=1S/C20H22ClN5O2/c1-13-8-9-17(14(2)12-13)28-11-5-10-22-20(27)26-25-18-15-6-3-4-7-16(15)23-19(21)24-18/h3-4,6-9,12H,5,10-11H2,1-2H3,(H2,22,26,27)(H,23,24,25). The van der Waals surface area contributed by atoms with E-state index < -0.39 is 0 Å². The summed E-state index contributed by atoms with van der Waals surface area (Å²) in [5, 5.41) is 3.62. The maximum Gasteiger partial charge on any atom is 0.333 e. The van der Waals surface area contributed by atoms with Crippen LogP contribution in [0.5, 0.6) is 5.75 Å². The summed E-state index contributed by atoms with van der Waals surface area (Å²) in [4.78, 5) is 20.2. The number of carbonyl (C=O) groups excluding carboxylic acids is 1. The second-order valence-corrected chi connectivity index (χ2v) is 6.67. The van der Waals surface area contributed by atoms with Crippen LogP contribution in [-0.4, -0.2) is 29.2 Å². The van der Waals surface area contributed by atoms with Crippen molar-refractivity contribution in [2.45, 2.75) is 20.3 Å². The van der Waals surface area contributed by atoms with E-state index in [1.165, 1.54) is 5.56 Å². The fourth-order valence-corrected chi connectivity index (χ4v) is 2.90. The van der Waals surface area contributed by atoms with Gasteiger partial charge in [-0.05, 0) is 55.6 Å². The SMILES string of the molecule is Cc1ccc(OCCCNC(=O)NNc2nc(Cl)nc3ccccc23)c(C)c1. The van der Waals surface area contributed by atoms with Crippen molar-refractivity contribution in [2.75, 3.05) is 18.6 Å². The number of hydrogen-bond donors (Lipinski definition) is 3. The third-order valence-electron chi connectivity index (χ3n) is 4.07.